The van der Waals surface area contributed by atoms with Crippen molar-refractivity contribution in [1.29, 1.82) is 0 Å². The molecule has 1 unspecified atom stereocenters. The predicted molar refractivity (Wildman–Crippen MR) is 63.0 cm³/mol. The molecule has 0 rings (SSSR count). The number of nitrogens with one attached hydrogen (secondary N) is 1. The van der Waals surface area contributed by atoms with Gasteiger partial charge < -0.3 is 10.4 Å². The van der Waals surface area contributed by atoms with Crippen LogP contribution in [0.3, 0.4) is 0 Å². The third-order valence-corrected chi connectivity index (χ3v) is 1.97. The van der Waals surface area contributed by atoms with Gasteiger partial charge in [0, 0.05) is 18.5 Å². The summed E-state index contributed by atoms with van der Waals surface area (Å²) in [7, 11) is 0. The molecule has 0 saturated carbocycles. The maximum Gasteiger partial charge on any atom is 0.303 e. The highest BCUT2D eigenvalue weighted by Gasteiger charge is 2.05. The number of aliphatic carboxylic acids is 1. The molecule has 0 radical (unpaired) electrons. The monoisotopic (exact) mass is 225 g/mol. The molecule has 4 nitrogen and oxygen atoms in total. The number of carboxylic acids is 1. The lowest BCUT2D eigenvalue weighted by molar-refractivity contribution is -0.137. The number of rotatable bonds is 7. The molecule has 16 heavy (non-hydrogen) atoms. The minimum absolute atomic E-state index is 0.00195. The fourth-order valence-corrected chi connectivity index (χ4v) is 1.18. The van der Waals surface area contributed by atoms with Gasteiger partial charge in [0.25, 0.3) is 0 Å². The summed E-state index contributed by atoms with van der Waals surface area (Å²) in [4.78, 5) is 21.5. The fraction of sp³-hybridized carbons (Fsp3) is 0.500. The highest BCUT2D eigenvalue weighted by Crippen LogP contribution is 2.00. The number of allylic oxidation sites excluding steroid dienone is 3. The number of carboxylic acid groups (broad SMARTS) is 1. The zero-order valence-electron chi connectivity index (χ0n) is 9.77. The van der Waals surface area contributed by atoms with Crippen molar-refractivity contribution in [2.75, 3.05) is 0 Å². The van der Waals surface area contributed by atoms with Crippen LogP contribution in [0.2, 0.25) is 0 Å². The Labute approximate surface area is 96.0 Å². The minimum Gasteiger partial charge on any atom is -0.481 e. The first-order valence-corrected chi connectivity index (χ1v) is 5.38. The van der Waals surface area contributed by atoms with Gasteiger partial charge in [0.1, 0.15) is 0 Å². The van der Waals surface area contributed by atoms with Gasteiger partial charge in [-0.1, -0.05) is 18.2 Å². The van der Waals surface area contributed by atoms with E-state index < -0.39 is 5.97 Å². The summed E-state index contributed by atoms with van der Waals surface area (Å²) in [6.45, 7) is 3.74. The zero-order chi connectivity index (χ0) is 12.4. The Morgan fingerprint density at radius 1 is 1.38 bits per heavy atom. The van der Waals surface area contributed by atoms with Crippen LogP contribution in [0.25, 0.3) is 0 Å². The van der Waals surface area contributed by atoms with Crippen LogP contribution in [-0.2, 0) is 9.59 Å². The molecule has 0 spiro atoms. The molecular weight excluding hydrogens is 206 g/mol. The maximum absolute atomic E-state index is 11.3. The van der Waals surface area contributed by atoms with Crippen molar-refractivity contribution in [2.45, 2.75) is 39.2 Å². The molecule has 4 heteroatoms. The first-order valence-electron chi connectivity index (χ1n) is 5.38. The zero-order valence-corrected chi connectivity index (χ0v) is 9.77. The van der Waals surface area contributed by atoms with Gasteiger partial charge in [-0.15, -0.1) is 0 Å². The van der Waals surface area contributed by atoms with E-state index in [1.807, 2.05) is 19.9 Å². The summed E-state index contributed by atoms with van der Waals surface area (Å²) >= 11 is 0. The van der Waals surface area contributed by atoms with Crippen molar-refractivity contribution in [2.24, 2.45) is 0 Å². The van der Waals surface area contributed by atoms with Crippen molar-refractivity contribution < 1.29 is 14.7 Å². The summed E-state index contributed by atoms with van der Waals surface area (Å²) in [5, 5.41) is 11.2. The highest BCUT2D eigenvalue weighted by atomic mass is 16.4. The van der Waals surface area contributed by atoms with Crippen LogP contribution in [0.1, 0.15) is 33.1 Å². The third-order valence-electron chi connectivity index (χ3n) is 1.97. The molecule has 0 heterocycles. The van der Waals surface area contributed by atoms with Gasteiger partial charge in [-0.3, -0.25) is 9.59 Å². The molecule has 90 valence electrons. The molecular formula is C12H19NO3. The normalized spacial score (nSPS) is 13.1. The second kappa shape index (κ2) is 8.71. The number of hydrogen-bond donors (Lipinski definition) is 2. The van der Waals surface area contributed by atoms with Gasteiger partial charge in [-0.2, -0.15) is 0 Å². The predicted octanol–water partition coefficient (Wildman–Crippen LogP) is 1.88. The lowest BCUT2D eigenvalue weighted by Crippen LogP contribution is -2.31. The average molecular weight is 225 g/mol. The Hall–Kier alpha value is -1.58. The Kier molecular flexibility index (Phi) is 7.85. The molecule has 0 aromatic carbocycles. The standard InChI is InChI=1S/C12H19NO3/c1-3-4-5-8-11(14)13-10(2)7-6-9-12(15)16/h3-5,8,10H,6-7,9H2,1-2H3,(H,13,14)(H,15,16)/b4-3+,8-5?. The van der Waals surface area contributed by atoms with E-state index in [0.29, 0.717) is 12.8 Å². The summed E-state index contributed by atoms with van der Waals surface area (Å²) < 4.78 is 0. The largest absolute Gasteiger partial charge is 0.481 e. The summed E-state index contributed by atoms with van der Waals surface area (Å²) in [5.41, 5.74) is 0. The molecule has 2 N–H and O–H groups in total. The van der Waals surface area contributed by atoms with Gasteiger partial charge in [0.15, 0.2) is 0 Å². The summed E-state index contributed by atoms with van der Waals surface area (Å²) in [6.07, 6.45) is 8.13. The molecule has 0 aromatic heterocycles. The van der Waals surface area contributed by atoms with E-state index >= 15 is 0 Å². The van der Waals surface area contributed by atoms with Crippen molar-refractivity contribution in [3.8, 4) is 0 Å². The Morgan fingerprint density at radius 2 is 2.06 bits per heavy atom. The smallest absolute Gasteiger partial charge is 0.303 e. The number of carbonyl (C=O) groups excluding carboxylic acids is 1. The lowest BCUT2D eigenvalue weighted by Gasteiger charge is -2.11. The van der Waals surface area contributed by atoms with Crippen LogP contribution in [0.15, 0.2) is 24.3 Å². The number of carbonyl (C=O) groups is 2. The van der Waals surface area contributed by atoms with Crippen molar-refractivity contribution >= 4 is 11.9 Å². The van der Waals surface area contributed by atoms with Gasteiger partial charge >= 0.3 is 5.97 Å². The highest BCUT2D eigenvalue weighted by molar-refractivity contribution is 5.87. The molecule has 0 fully saturated rings. The van der Waals surface area contributed by atoms with Crippen molar-refractivity contribution in [3.63, 3.8) is 0 Å². The first-order chi connectivity index (χ1) is 7.56. The maximum atomic E-state index is 11.3. The van der Waals surface area contributed by atoms with Crippen LogP contribution >= 0.6 is 0 Å². The van der Waals surface area contributed by atoms with Crippen LogP contribution in [0.5, 0.6) is 0 Å². The van der Waals surface area contributed by atoms with E-state index in [4.69, 9.17) is 5.11 Å². The first kappa shape index (κ1) is 14.4. The van der Waals surface area contributed by atoms with Gasteiger partial charge in [-0.25, -0.2) is 0 Å². The van der Waals surface area contributed by atoms with Gasteiger partial charge in [0.2, 0.25) is 5.91 Å². The fourth-order valence-electron chi connectivity index (χ4n) is 1.18. The van der Waals surface area contributed by atoms with E-state index in [0.717, 1.165) is 0 Å². The van der Waals surface area contributed by atoms with E-state index in [2.05, 4.69) is 5.32 Å². The number of amides is 1. The Morgan fingerprint density at radius 3 is 2.62 bits per heavy atom. The molecule has 1 amide bonds. The SMILES string of the molecule is C/C=C/C=CC(=O)NC(C)CCCC(=O)O. The molecule has 1 atom stereocenters. The molecule has 0 saturated heterocycles. The van der Waals surface area contributed by atoms with E-state index in [9.17, 15) is 9.59 Å². The molecule has 0 aliphatic rings. The van der Waals surface area contributed by atoms with E-state index in [-0.39, 0.29) is 18.4 Å². The number of hydrogen-bond acceptors (Lipinski definition) is 2. The summed E-state index contributed by atoms with van der Waals surface area (Å²) in [5.74, 6) is -0.951. The second-order valence-electron chi connectivity index (χ2n) is 3.58. The van der Waals surface area contributed by atoms with E-state index in [1.54, 1.807) is 12.2 Å². The average Bonchev–Trinajstić information content (AvgIpc) is 2.17. The van der Waals surface area contributed by atoms with Crippen molar-refractivity contribution in [1.82, 2.24) is 5.32 Å². The van der Waals surface area contributed by atoms with Gasteiger partial charge in [0.05, 0.1) is 0 Å². The van der Waals surface area contributed by atoms with E-state index in [1.165, 1.54) is 6.08 Å². The van der Waals surface area contributed by atoms with Crippen LogP contribution in [0.4, 0.5) is 0 Å². The minimum atomic E-state index is -0.800. The quantitative estimate of drug-likeness (QED) is 0.513. The van der Waals surface area contributed by atoms with Gasteiger partial charge in [-0.05, 0) is 26.7 Å². The van der Waals surface area contributed by atoms with Crippen molar-refractivity contribution in [3.05, 3.63) is 24.3 Å². The second-order valence-corrected chi connectivity index (χ2v) is 3.58. The summed E-state index contributed by atoms with van der Waals surface area (Å²) in [6, 6.07) is 0.00195. The van der Waals surface area contributed by atoms with Crippen LogP contribution in [0, 0.1) is 0 Å². The van der Waals surface area contributed by atoms with Crippen LogP contribution < -0.4 is 5.32 Å². The molecule has 0 aliphatic heterocycles. The third kappa shape index (κ3) is 8.99. The Balaban J connectivity index is 3.73. The molecule has 0 aliphatic carbocycles. The molecule has 0 bridgehead atoms. The molecule has 0 aromatic rings. The lowest BCUT2D eigenvalue weighted by atomic mass is 10.1. The topological polar surface area (TPSA) is 66.4 Å². The Bertz CT molecular complexity index is 282. The van der Waals surface area contributed by atoms with Crippen LogP contribution in [-0.4, -0.2) is 23.0 Å².